The van der Waals surface area contributed by atoms with Gasteiger partial charge < -0.3 is 10.2 Å². The topological polar surface area (TPSA) is 58.1 Å². The minimum absolute atomic E-state index is 0.0309. The van der Waals surface area contributed by atoms with Gasteiger partial charge in [-0.15, -0.1) is 0 Å². The number of carbonyl (C=O) groups excluding carboxylic acids is 1. The molecule has 26 heavy (non-hydrogen) atoms. The molecule has 1 aromatic heterocycles. The van der Waals surface area contributed by atoms with Crippen LogP contribution in [0.15, 0.2) is 30.7 Å². The van der Waals surface area contributed by atoms with Crippen LogP contribution in [0.1, 0.15) is 35.7 Å². The number of hydrogen-bond acceptors (Lipinski definition) is 3. The van der Waals surface area contributed by atoms with Crippen LogP contribution < -0.4 is 5.32 Å². The van der Waals surface area contributed by atoms with Crippen molar-refractivity contribution in [2.45, 2.75) is 37.5 Å². The maximum Gasteiger partial charge on any atom is 0.417 e. The number of alkyl halides is 3. The number of nitrogens with zero attached hydrogens (tertiary/aromatic N) is 3. The molecule has 1 saturated heterocycles. The summed E-state index contributed by atoms with van der Waals surface area (Å²) >= 11 is 5.72. The van der Waals surface area contributed by atoms with Crippen LogP contribution in [-0.2, 0) is 12.6 Å². The van der Waals surface area contributed by atoms with E-state index in [2.05, 4.69) is 15.3 Å². The predicted molar refractivity (Wildman–Crippen MR) is 88.8 cm³/mol. The smallest absolute Gasteiger partial charge is 0.313 e. The van der Waals surface area contributed by atoms with Crippen molar-refractivity contribution in [1.82, 2.24) is 14.9 Å². The molecule has 1 aromatic carbocycles. The zero-order valence-electron chi connectivity index (χ0n) is 13.4. The molecule has 2 amide bonds. The Balaban J connectivity index is 1.56. The molecule has 2 aliphatic rings. The lowest BCUT2D eigenvalue weighted by Crippen LogP contribution is -2.44. The summed E-state index contributed by atoms with van der Waals surface area (Å²) < 4.78 is 38.4. The summed E-state index contributed by atoms with van der Waals surface area (Å²) in [7, 11) is 0. The van der Waals surface area contributed by atoms with E-state index in [1.807, 2.05) is 0 Å². The Morgan fingerprint density at radius 3 is 2.85 bits per heavy atom. The van der Waals surface area contributed by atoms with Crippen LogP contribution in [0.4, 0.5) is 23.7 Å². The van der Waals surface area contributed by atoms with Gasteiger partial charge in [-0.25, -0.2) is 14.8 Å². The summed E-state index contributed by atoms with van der Waals surface area (Å²) in [6.45, 7) is 0. The average molecular weight is 383 g/mol. The Hall–Kier alpha value is -2.35. The molecule has 2 unspecified atom stereocenters. The predicted octanol–water partition coefficient (Wildman–Crippen LogP) is 4.44. The minimum Gasteiger partial charge on any atom is -0.313 e. The van der Waals surface area contributed by atoms with Crippen molar-refractivity contribution in [3.05, 3.63) is 52.6 Å². The number of nitrogens with one attached hydrogen (secondary N) is 1. The summed E-state index contributed by atoms with van der Waals surface area (Å²) in [5.74, 6) is 0. The Morgan fingerprint density at radius 2 is 2.12 bits per heavy atom. The molecule has 2 aromatic rings. The highest BCUT2D eigenvalue weighted by Crippen LogP contribution is 2.43. The van der Waals surface area contributed by atoms with E-state index in [0.717, 1.165) is 36.2 Å². The fraction of sp³-hybridized carbons (Fsp3) is 0.353. The van der Waals surface area contributed by atoms with E-state index in [1.54, 1.807) is 11.1 Å². The first-order valence-corrected chi connectivity index (χ1v) is 8.47. The first-order chi connectivity index (χ1) is 12.3. The van der Waals surface area contributed by atoms with Crippen molar-refractivity contribution in [2.24, 2.45) is 0 Å². The first-order valence-electron chi connectivity index (χ1n) is 8.09. The van der Waals surface area contributed by atoms with Crippen LogP contribution >= 0.6 is 11.6 Å². The third-order valence-corrected chi connectivity index (χ3v) is 5.17. The third kappa shape index (κ3) is 2.88. The van der Waals surface area contributed by atoms with Crippen LogP contribution in [0.25, 0.3) is 0 Å². The lowest BCUT2D eigenvalue weighted by Gasteiger charge is -2.35. The van der Waals surface area contributed by atoms with Gasteiger partial charge in [0.25, 0.3) is 0 Å². The molecular formula is C17H14ClF3N4O. The largest absolute Gasteiger partial charge is 0.417 e. The third-order valence-electron chi connectivity index (χ3n) is 4.86. The van der Waals surface area contributed by atoms with E-state index in [9.17, 15) is 18.0 Å². The number of aromatic nitrogens is 2. The van der Waals surface area contributed by atoms with Crippen molar-refractivity contribution in [3.63, 3.8) is 0 Å². The van der Waals surface area contributed by atoms with Gasteiger partial charge >= 0.3 is 12.2 Å². The zero-order valence-corrected chi connectivity index (χ0v) is 14.2. The maximum absolute atomic E-state index is 12.8. The molecule has 2 aliphatic heterocycles. The van der Waals surface area contributed by atoms with Gasteiger partial charge in [0, 0.05) is 17.9 Å². The van der Waals surface area contributed by atoms with E-state index in [4.69, 9.17) is 11.6 Å². The highest BCUT2D eigenvalue weighted by Gasteiger charge is 2.43. The molecule has 0 radical (unpaired) electrons. The summed E-state index contributed by atoms with van der Waals surface area (Å²) in [5.41, 5.74) is 1.18. The summed E-state index contributed by atoms with van der Waals surface area (Å²) in [5, 5.41) is 2.21. The molecule has 3 heterocycles. The number of anilines is 1. The van der Waals surface area contributed by atoms with E-state index in [1.165, 1.54) is 12.4 Å². The molecule has 0 spiro atoms. The molecule has 0 aliphatic carbocycles. The van der Waals surface area contributed by atoms with E-state index < -0.39 is 16.8 Å². The van der Waals surface area contributed by atoms with Crippen LogP contribution in [0, 0.1) is 0 Å². The van der Waals surface area contributed by atoms with Gasteiger partial charge in [0.1, 0.15) is 6.33 Å². The van der Waals surface area contributed by atoms with Gasteiger partial charge in [-0.3, -0.25) is 0 Å². The highest BCUT2D eigenvalue weighted by atomic mass is 35.5. The fourth-order valence-electron chi connectivity index (χ4n) is 3.75. The van der Waals surface area contributed by atoms with Crippen molar-refractivity contribution in [1.29, 1.82) is 0 Å². The van der Waals surface area contributed by atoms with E-state index in [-0.39, 0.29) is 23.8 Å². The Kier molecular flexibility index (Phi) is 4.02. The number of fused-ring (bicyclic) bond motifs is 4. The van der Waals surface area contributed by atoms with Crippen LogP contribution in [0.5, 0.6) is 0 Å². The number of rotatable bonds is 1. The Bertz CT molecular complexity index is 873. The van der Waals surface area contributed by atoms with E-state index in [0.29, 0.717) is 6.42 Å². The molecule has 0 saturated carbocycles. The normalized spacial score (nSPS) is 21.5. The van der Waals surface area contributed by atoms with Gasteiger partial charge in [-0.05, 0) is 43.0 Å². The standard InChI is InChI=1S/C17H14ClF3N4O/c18-13-6-10(1-3-12(13)17(19,20)21)24-16(26)25-11-2-4-14(25)15-9(5-11)7-22-8-23-15/h1,3,6-8,11,14H,2,4-5H2,(H,24,26). The van der Waals surface area contributed by atoms with Crippen LogP contribution in [0.3, 0.4) is 0 Å². The number of carbonyl (C=O) groups is 1. The number of halogens is 4. The van der Waals surface area contributed by atoms with Crippen LogP contribution in [-0.4, -0.2) is 26.9 Å². The highest BCUT2D eigenvalue weighted by molar-refractivity contribution is 6.31. The molecular weight excluding hydrogens is 369 g/mol. The molecule has 4 rings (SSSR count). The quantitative estimate of drug-likeness (QED) is 0.793. The molecule has 1 fully saturated rings. The number of benzene rings is 1. The Labute approximate surface area is 152 Å². The summed E-state index contributed by atoms with van der Waals surface area (Å²) in [6, 6.07) is 2.71. The molecule has 136 valence electrons. The van der Waals surface area contributed by atoms with Gasteiger partial charge in [0.15, 0.2) is 0 Å². The lowest BCUT2D eigenvalue weighted by atomic mass is 10.00. The number of hydrogen-bond donors (Lipinski definition) is 1. The summed E-state index contributed by atoms with van der Waals surface area (Å²) in [6.07, 6.45) is 1.03. The molecule has 2 bridgehead atoms. The van der Waals surface area contributed by atoms with Crippen molar-refractivity contribution < 1.29 is 18.0 Å². The zero-order chi connectivity index (χ0) is 18.5. The second kappa shape index (κ2) is 6.12. The molecule has 9 heteroatoms. The molecule has 5 nitrogen and oxygen atoms in total. The SMILES string of the molecule is O=C(Nc1ccc(C(F)(F)F)c(Cl)c1)N1C2CCC1c1ncncc1C2. The van der Waals surface area contributed by atoms with E-state index >= 15 is 0 Å². The van der Waals surface area contributed by atoms with Gasteiger partial charge in [0.2, 0.25) is 0 Å². The Morgan fingerprint density at radius 1 is 1.31 bits per heavy atom. The lowest BCUT2D eigenvalue weighted by molar-refractivity contribution is -0.137. The van der Waals surface area contributed by atoms with Gasteiger partial charge in [0.05, 0.1) is 22.3 Å². The first kappa shape index (κ1) is 17.1. The molecule has 1 N–H and O–H groups in total. The number of urea groups is 1. The van der Waals surface area contributed by atoms with Crippen LogP contribution in [0.2, 0.25) is 5.02 Å². The van der Waals surface area contributed by atoms with Crippen molar-refractivity contribution >= 4 is 23.3 Å². The van der Waals surface area contributed by atoms with Crippen molar-refractivity contribution in [2.75, 3.05) is 5.32 Å². The second-order valence-corrected chi connectivity index (χ2v) is 6.82. The second-order valence-electron chi connectivity index (χ2n) is 6.41. The monoisotopic (exact) mass is 382 g/mol. The average Bonchev–Trinajstić information content (AvgIpc) is 2.89. The molecule has 2 atom stereocenters. The number of amides is 2. The van der Waals surface area contributed by atoms with Crippen molar-refractivity contribution in [3.8, 4) is 0 Å². The van der Waals surface area contributed by atoms with Gasteiger partial charge in [-0.1, -0.05) is 11.6 Å². The van der Waals surface area contributed by atoms with Gasteiger partial charge in [-0.2, -0.15) is 13.2 Å². The fourth-order valence-corrected chi connectivity index (χ4v) is 4.04. The minimum atomic E-state index is -4.53. The maximum atomic E-state index is 12.8. The summed E-state index contributed by atoms with van der Waals surface area (Å²) in [4.78, 5) is 22.8.